The zero-order valence-electron chi connectivity index (χ0n) is 11.0. The summed E-state index contributed by atoms with van der Waals surface area (Å²) in [5.41, 5.74) is 6.48. The lowest BCUT2D eigenvalue weighted by Crippen LogP contribution is -1.96. The van der Waals surface area contributed by atoms with Crippen molar-refractivity contribution >= 4 is 17.4 Å². The summed E-state index contributed by atoms with van der Waals surface area (Å²) in [5.74, 6) is -0.217. The monoisotopic (exact) mass is 295 g/mol. The highest BCUT2D eigenvalue weighted by molar-refractivity contribution is 7.98. The molecule has 0 aromatic heterocycles. The number of hydrogen-bond donors (Lipinski definition) is 1. The molecule has 2 aromatic carbocycles. The van der Waals surface area contributed by atoms with E-state index in [9.17, 15) is 8.78 Å². The average molecular weight is 295 g/mol. The summed E-state index contributed by atoms with van der Waals surface area (Å²) in [5, 5.41) is 0. The van der Waals surface area contributed by atoms with E-state index in [4.69, 9.17) is 10.5 Å². The Kier molecular flexibility index (Phi) is 4.84. The molecule has 2 nitrogen and oxygen atoms in total. The van der Waals surface area contributed by atoms with Gasteiger partial charge in [0, 0.05) is 21.9 Å². The molecule has 20 heavy (non-hydrogen) atoms. The van der Waals surface area contributed by atoms with Crippen LogP contribution in [-0.4, -0.2) is 6.61 Å². The fourth-order valence-corrected chi connectivity index (χ4v) is 2.73. The van der Waals surface area contributed by atoms with Gasteiger partial charge in [-0.05, 0) is 37.3 Å². The van der Waals surface area contributed by atoms with Gasteiger partial charge in [-0.15, -0.1) is 11.8 Å². The molecule has 0 aliphatic carbocycles. The van der Waals surface area contributed by atoms with Crippen molar-refractivity contribution in [3.63, 3.8) is 0 Å². The predicted molar refractivity (Wildman–Crippen MR) is 77.9 cm³/mol. The first-order valence-corrected chi connectivity index (χ1v) is 7.18. The van der Waals surface area contributed by atoms with Crippen LogP contribution in [0.1, 0.15) is 12.5 Å². The highest BCUT2D eigenvalue weighted by Crippen LogP contribution is 2.32. The standard InChI is InChI=1S/C15H15F2NOS/c1-2-19-10-6-7-14(18)15(8-10)20-9-11-12(16)4-3-5-13(11)17/h3-8H,2,9,18H2,1H3. The van der Waals surface area contributed by atoms with Crippen LogP contribution in [0.5, 0.6) is 5.75 Å². The van der Waals surface area contributed by atoms with Gasteiger partial charge in [-0.3, -0.25) is 0 Å². The minimum atomic E-state index is -0.544. The number of hydrogen-bond acceptors (Lipinski definition) is 3. The molecule has 106 valence electrons. The lowest BCUT2D eigenvalue weighted by atomic mass is 10.2. The van der Waals surface area contributed by atoms with Crippen molar-refractivity contribution < 1.29 is 13.5 Å². The largest absolute Gasteiger partial charge is 0.494 e. The van der Waals surface area contributed by atoms with Crippen molar-refractivity contribution in [1.82, 2.24) is 0 Å². The van der Waals surface area contributed by atoms with Crippen LogP contribution in [0.4, 0.5) is 14.5 Å². The van der Waals surface area contributed by atoms with Crippen molar-refractivity contribution in [2.75, 3.05) is 12.3 Å². The number of nitrogens with two attached hydrogens (primary N) is 1. The number of halogens is 2. The summed E-state index contributed by atoms with van der Waals surface area (Å²) in [6, 6.07) is 9.13. The number of thioether (sulfide) groups is 1. The molecule has 0 bridgehead atoms. The van der Waals surface area contributed by atoms with Gasteiger partial charge in [-0.1, -0.05) is 6.07 Å². The molecule has 0 spiro atoms. The molecule has 2 N–H and O–H groups in total. The fraction of sp³-hybridized carbons (Fsp3) is 0.200. The van der Waals surface area contributed by atoms with Gasteiger partial charge in [-0.2, -0.15) is 0 Å². The molecule has 2 rings (SSSR count). The van der Waals surface area contributed by atoms with Crippen molar-refractivity contribution in [2.45, 2.75) is 17.6 Å². The highest BCUT2D eigenvalue weighted by Gasteiger charge is 2.10. The SMILES string of the molecule is CCOc1ccc(N)c(SCc2c(F)cccc2F)c1. The third kappa shape index (κ3) is 3.42. The number of ether oxygens (including phenoxy) is 1. The topological polar surface area (TPSA) is 35.2 Å². The molecule has 0 saturated heterocycles. The van der Waals surface area contributed by atoms with E-state index < -0.39 is 11.6 Å². The molecule has 0 saturated carbocycles. The van der Waals surface area contributed by atoms with Gasteiger partial charge in [-0.25, -0.2) is 8.78 Å². The summed E-state index contributed by atoms with van der Waals surface area (Å²) >= 11 is 1.28. The van der Waals surface area contributed by atoms with Crippen LogP contribution in [0.15, 0.2) is 41.3 Å². The Morgan fingerprint density at radius 3 is 2.50 bits per heavy atom. The van der Waals surface area contributed by atoms with E-state index in [1.807, 2.05) is 6.92 Å². The first kappa shape index (κ1) is 14.7. The Balaban J connectivity index is 2.16. The van der Waals surface area contributed by atoms with Gasteiger partial charge in [0.2, 0.25) is 0 Å². The lowest BCUT2D eigenvalue weighted by molar-refractivity contribution is 0.339. The molecule has 5 heteroatoms. The van der Waals surface area contributed by atoms with Crippen LogP contribution in [0.2, 0.25) is 0 Å². The summed E-state index contributed by atoms with van der Waals surface area (Å²) < 4.78 is 32.5. The third-order valence-corrected chi connectivity index (χ3v) is 3.83. The summed E-state index contributed by atoms with van der Waals surface area (Å²) in [6.07, 6.45) is 0. The molecular formula is C15H15F2NOS. The zero-order chi connectivity index (χ0) is 14.5. The normalized spacial score (nSPS) is 10.6. The van der Waals surface area contributed by atoms with E-state index in [0.717, 1.165) is 4.90 Å². The van der Waals surface area contributed by atoms with Crippen LogP contribution in [-0.2, 0) is 5.75 Å². The molecule has 0 heterocycles. The Bertz CT molecular complexity index is 584. The van der Waals surface area contributed by atoms with Crippen molar-refractivity contribution in [1.29, 1.82) is 0 Å². The number of rotatable bonds is 5. The Morgan fingerprint density at radius 1 is 1.15 bits per heavy atom. The molecule has 0 unspecified atom stereocenters. The van der Waals surface area contributed by atoms with Crippen LogP contribution in [0, 0.1) is 11.6 Å². The Morgan fingerprint density at radius 2 is 1.85 bits per heavy atom. The van der Waals surface area contributed by atoms with Crippen LogP contribution < -0.4 is 10.5 Å². The molecular weight excluding hydrogens is 280 g/mol. The van der Waals surface area contributed by atoms with E-state index in [2.05, 4.69) is 0 Å². The summed E-state index contributed by atoms with van der Waals surface area (Å²) in [4.78, 5) is 0.749. The van der Waals surface area contributed by atoms with Gasteiger partial charge in [0.1, 0.15) is 17.4 Å². The number of anilines is 1. The molecule has 0 aliphatic heterocycles. The van der Waals surface area contributed by atoms with Crippen molar-refractivity contribution in [3.8, 4) is 5.75 Å². The van der Waals surface area contributed by atoms with Gasteiger partial charge < -0.3 is 10.5 Å². The smallest absolute Gasteiger partial charge is 0.130 e. The fourth-order valence-electron chi connectivity index (χ4n) is 1.72. The molecule has 0 radical (unpaired) electrons. The van der Waals surface area contributed by atoms with Crippen molar-refractivity contribution in [2.24, 2.45) is 0 Å². The summed E-state index contributed by atoms with van der Waals surface area (Å²) in [7, 11) is 0. The molecule has 0 fully saturated rings. The number of nitrogen functional groups attached to an aromatic ring is 1. The average Bonchev–Trinajstić information content (AvgIpc) is 2.42. The zero-order valence-corrected chi connectivity index (χ0v) is 11.8. The maximum absolute atomic E-state index is 13.5. The van der Waals surface area contributed by atoms with E-state index in [0.29, 0.717) is 18.0 Å². The highest BCUT2D eigenvalue weighted by atomic mass is 32.2. The second-order valence-corrected chi connectivity index (χ2v) is 5.14. The Hall–Kier alpha value is -1.75. The van der Waals surface area contributed by atoms with Crippen LogP contribution in [0.3, 0.4) is 0 Å². The van der Waals surface area contributed by atoms with Gasteiger partial charge in [0.15, 0.2) is 0 Å². The van der Waals surface area contributed by atoms with Crippen LogP contribution in [0.25, 0.3) is 0 Å². The van der Waals surface area contributed by atoms with E-state index in [1.54, 1.807) is 18.2 Å². The van der Waals surface area contributed by atoms with Crippen LogP contribution >= 0.6 is 11.8 Å². The second-order valence-electron chi connectivity index (χ2n) is 4.12. The van der Waals surface area contributed by atoms with E-state index in [1.165, 1.54) is 30.0 Å². The van der Waals surface area contributed by atoms with E-state index in [-0.39, 0.29) is 11.3 Å². The first-order valence-electron chi connectivity index (χ1n) is 6.19. The molecule has 2 aromatic rings. The molecule has 0 atom stereocenters. The maximum atomic E-state index is 13.5. The lowest BCUT2D eigenvalue weighted by Gasteiger charge is -2.10. The van der Waals surface area contributed by atoms with Crippen molar-refractivity contribution in [3.05, 3.63) is 53.6 Å². The first-order chi connectivity index (χ1) is 9.61. The predicted octanol–water partition coefficient (Wildman–Crippen LogP) is 4.24. The minimum absolute atomic E-state index is 0.0544. The second kappa shape index (κ2) is 6.61. The van der Waals surface area contributed by atoms with E-state index >= 15 is 0 Å². The Labute approximate surface area is 120 Å². The summed E-state index contributed by atoms with van der Waals surface area (Å²) in [6.45, 7) is 2.44. The van der Waals surface area contributed by atoms with Gasteiger partial charge in [0.05, 0.1) is 6.61 Å². The number of benzene rings is 2. The quantitative estimate of drug-likeness (QED) is 0.662. The third-order valence-electron chi connectivity index (χ3n) is 2.73. The molecule has 0 amide bonds. The molecule has 0 aliphatic rings. The maximum Gasteiger partial charge on any atom is 0.130 e. The van der Waals surface area contributed by atoms with Gasteiger partial charge >= 0.3 is 0 Å². The minimum Gasteiger partial charge on any atom is -0.494 e. The van der Waals surface area contributed by atoms with Gasteiger partial charge in [0.25, 0.3) is 0 Å².